The zero-order valence-electron chi connectivity index (χ0n) is 28.6. The lowest BCUT2D eigenvalue weighted by molar-refractivity contribution is -0.141. The number of aromatic nitrogens is 4. The van der Waals surface area contributed by atoms with E-state index < -0.39 is 39.9 Å². The van der Waals surface area contributed by atoms with E-state index in [1.807, 2.05) is 30.3 Å². The van der Waals surface area contributed by atoms with Crippen molar-refractivity contribution in [2.75, 3.05) is 18.1 Å². The second-order valence-electron chi connectivity index (χ2n) is 14.5. The summed E-state index contributed by atoms with van der Waals surface area (Å²) in [4.78, 5) is 19.7. The molecule has 9 nitrogen and oxygen atoms in total. The summed E-state index contributed by atoms with van der Waals surface area (Å²) >= 11 is 0. The lowest BCUT2D eigenvalue weighted by Gasteiger charge is -2.50. The van der Waals surface area contributed by atoms with Gasteiger partial charge < -0.3 is 20.1 Å². The molecule has 2 aliphatic rings. The van der Waals surface area contributed by atoms with Gasteiger partial charge in [-0.2, -0.15) is 5.10 Å². The fourth-order valence-electron chi connectivity index (χ4n) is 7.47. The summed E-state index contributed by atoms with van der Waals surface area (Å²) in [7, 11) is 0.506. The van der Waals surface area contributed by atoms with Crippen LogP contribution in [0.5, 0.6) is 11.5 Å². The number of hydrogen-bond donors (Lipinski definition) is 3. The van der Waals surface area contributed by atoms with Crippen molar-refractivity contribution in [1.82, 2.24) is 25.1 Å². The Labute approximate surface area is 291 Å². The molecule has 7 rings (SSSR count). The van der Waals surface area contributed by atoms with E-state index in [9.17, 15) is 14.1 Å². The van der Waals surface area contributed by atoms with Crippen molar-refractivity contribution in [3.63, 3.8) is 0 Å². The normalized spacial score (nSPS) is 22.7. The molecule has 3 N–H and O–H groups in total. The summed E-state index contributed by atoms with van der Waals surface area (Å²) in [5.74, 6) is -0.710. The van der Waals surface area contributed by atoms with E-state index in [1.165, 1.54) is 24.3 Å². The molecule has 2 aliphatic heterocycles. The van der Waals surface area contributed by atoms with E-state index in [4.69, 9.17) is 14.8 Å². The number of carboxylic acid groups (broad SMARTS) is 1. The highest BCUT2D eigenvalue weighted by Gasteiger charge is 2.52. The summed E-state index contributed by atoms with van der Waals surface area (Å²) in [5.41, 5.74) is 2.04. The highest BCUT2D eigenvalue weighted by molar-refractivity contribution is 7.85. The van der Waals surface area contributed by atoms with Gasteiger partial charge in [0.05, 0.1) is 11.5 Å². The Kier molecular flexibility index (Phi) is 8.88. The van der Waals surface area contributed by atoms with Gasteiger partial charge >= 0.3 is 5.97 Å². The van der Waals surface area contributed by atoms with Crippen molar-refractivity contribution in [1.29, 1.82) is 0 Å². The molecule has 4 heterocycles. The number of aromatic amines is 1. The third-order valence-electron chi connectivity index (χ3n) is 10.3. The van der Waals surface area contributed by atoms with E-state index in [0.717, 1.165) is 29.4 Å². The zero-order chi connectivity index (χ0) is 35.4. The number of aryl methyl sites for hydroxylation is 2. The highest BCUT2D eigenvalue weighted by atomic mass is 32.2. The van der Waals surface area contributed by atoms with Gasteiger partial charge in [-0.15, -0.1) is 0 Å². The maximum absolute atomic E-state index is 15.7. The zero-order valence-corrected chi connectivity index (χ0v) is 29.4. The first-order valence-electron chi connectivity index (χ1n) is 16.9. The Bertz CT molecular complexity index is 2130. The number of carboxylic acids is 1. The van der Waals surface area contributed by atoms with Gasteiger partial charge in [0, 0.05) is 70.5 Å². The van der Waals surface area contributed by atoms with Crippen LogP contribution in [0.1, 0.15) is 56.1 Å². The number of rotatable bonds is 4. The van der Waals surface area contributed by atoms with Gasteiger partial charge in [-0.25, -0.2) is 18.4 Å². The third-order valence-corrected chi connectivity index (χ3v) is 12.0. The number of H-pyrrole nitrogens is 1. The van der Waals surface area contributed by atoms with Crippen LogP contribution in [0.15, 0.2) is 60.8 Å². The lowest BCUT2D eigenvalue weighted by atomic mass is 9.67. The Morgan fingerprint density at radius 2 is 1.98 bits per heavy atom. The van der Waals surface area contributed by atoms with Crippen LogP contribution in [0, 0.1) is 28.9 Å². The molecule has 1 saturated heterocycles. The number of nitrogens with one attached hydrogen (secondary N) is 2. The van der Waals surface area contributed by atoms with Crippen LogP contribution in [0.2, 0.25) is 0 Å². The number of halogens is 2. The monoisotopic (exact) mass is 701 g/mol. The first kappa shape index (κ1) is 34.0. The summed E-state index contributed by atoms with van der Waals surface area (Å²) < 4.78 is 52.7. The molecule has 3 aromatic carbocycles. The minimum absolute atomic E-state index is 0.0169. The molecule has 0 amide bonds. The molecule has 0 spiro atoms. The smallest absolute Gasteiger partial charge is 0.306 e. The molecular weight excluding hydrogens is 661 g/mol. The second-order valence-corrected chi connectivity index (χ2v) is 16.1. The molecule has 5 aromatic rings. The molecule has 0 radical (unpaired) electrons. The molecule has 1 fully saturated rings. The van der Waals surface area contributed by atoms with E-state index >= 15 is 8.78 Å². The van der Waals surface area contributed by atoms with Gasteiger partial charge in [0.25, 0.3) is 0 Å². The molecular formula is C38H41F2N5O4S. The number of hydrogen-bond acceptors (Lipinski definition) is 6. The van der Waals surface area contributed by atoms with Crippen molar-refractivity contribution < 1.29 is 27.6 Å². The van der Waals surface area contributed by atoms with Crippen molar-refractivity contribution in [2.45, 2.75) is 52.0 Å². The fourth-order valence-corrected chi connectivity index (χ4v) is 9.06. The second kappa shape index (κ2) is 13.0. The molecule has 4 atom stereocenters. The fraction of sp³-hybridized carbons (Fsp3) is 0.395. The van der Waals surface area contributed by atoms with Crippen LogP contribution < -0.4 is 10.1 Å². The quantitative estimate of drug-likeness (QED) is 0.187. The van der Waals surface area contributed by atoms with Crippen molar-refractivity contribution >= 4 is 27.7 Å². The molecule has 12 heteroatoms. The lowest BCUT2D eigenvalue weighted by Crippen LogP contribution is -2.63. The van der Waals surface area contributed by atoms with E-state index in [0.29, 0.717) is 47.8 Å². The van der Waals surface area contributed by atoms with Crippen LogP contribution >= 0.6 is 0 Å². The summed E-state index contributed by atoms with van der Waals surface area (Å²) in [6.45, 7) is 6.62. The molecule has 0 saturated carbocycles. The highest BCUT2D eigenvalue weighted by Crippen LogP contribution is 2.46. The van der Waals surface area contributed by atoms with Gasteiger partial charge in [0.15, 0.2) is 23.2 Å². The average molecular weight is 702 g/mol. The Hall–Kier alpha value is -4.42. The molecule has 50 heavy (non-hydrogen) atoms. The third kappa shape index (κ3) is 6.23. The topological polar surface area (TPSA) is 122 Å². The maximum atomic E-state index is 15.7. The van der Waals surface area contributed by atoms with E-state index in [1.54, 1.807) is 24.9 Å². The number of aliphatic carboxylic acids is 1. The largest absolute Gasteiger partial charge is 0.481 e. The van der Waals surface area contributed by atoms with Gasteiger partial charge in [0.1, 0.15) is 17.1 Å². The Balaban J connectivity index is 1.37. The van der Waals surface area contributed by atoms with E-state index in [-0.39, 0.29) is 34.2 Å². The summed E-state index contributed by atoms with van der Waals surface area (Å²) in [6.07, 6.45) is 3.98. The van der Waals surface area contributed by atoms with Gasteiger partial charge in [-0.1, -0.05) is 45.0 Å². The molecule has 4 bridgehead atoms. The van der Waals surface area contributed by atoms with Crippen molar-refractivity contribution in [3.05, 3.63) is 94.9 Å². The number of nitrogens with zero attached hydrogens (tertiary/aromatic N) is 3. The first-order valence-corrected chi connectivity index (χ1v) is 18.4. The van der Waals surface area contributed by atoms with Crippen LogP contribution in [0.25, 0.3) is 22.3 Å². The number of benzene rings is 3. The molecule has 4 unspecified atom stereocenters. The van der Waals surface area contributed by atoms with Crippen LogP contribution in [0.4, 0.5) is 8.78 Å². The standard InChI is InChI=1S/C38H41F2N5O4S/c1-22(35(46)47)16-23-6-5-7-24(17-23)38-25(20-42-38)10-13-37(2,3)21-50(48)15-12-28-27-11-14-41-32(27)19-31(40)33(28)49-26-8-9-30(39)29(18-26)34-43-36(38)44-45(34)4/h5-9,11,14,17-19,22,25,41-42H,10,12-13,15-16,20-21H2,1-4H3,(H,46,47). The van der Waals surface area contributed by atoms with Gasteiger partial charge in [0.2, 0.25) is 0 Å². The van der Waals surface area contributed by atoms with Crippen LogP contribution in [0.3, 0.4) is 0 Å². The SMILES string of the molecule is CC(Cc1cccc(C23NCC2CCC(C)(C)CS(=O)CCc2c(c(F)cc4[nH]ccc24)Oc2ccc(F)c(c2)-c2nc3nn2C)c1)C(=O)O. The Morgan fingerprint density at radius 1 is 1.16 bits per heavy atom. The van der Waals surface area contributed by atoms with Crippen LogP contribution in [-0.4, -0.2) is 53.1 Å². The summed E-state index contributed by atoms with van der Waals surface area (Å²) in [5, 5.41) is 18.9. The van der Waals surface area contributed by atoms with E-state index in [2.05, 4.69) is 24.1 Å². The van der Waals surface area contributed by atoms with Gasteiger partial charge in [-0.3, -0.25) is 9.00 Å². The Morgan fingerprint density at radius 3 is 2.74 bits per heavy atom. The number of carbonyl (C=O) groups is 1. The minimum Gasteiger partial charge on any atom is -0.481 e. The molecule has 2 aromatic heterocycles. The van der Waals surface area contributed by atoms with Crippen LogP contribution in [-0.2, 0) is 41.0 Å². The van der Waals surface area contributed by atoms with Crippen molar-refractivity contribution in [3.8, 4) is 22.9 Å². The number of fused-ring (bicyclic) bond motifs is 10. The predicted octanol–water partition coefficient (Wildman–Crippen LogP) is 6.87. The average Bonchev–Trinajstić information content (AvgIpc) is 3.67. The summed E-state index contributed by atoms with van der Waals surface area (Å²) in [6, 6.07) is 15.3. The minimum atomic E-state index is -1.21. The first-order chi connectivity index (χ1) is 23.8. The van der Waals surface area contributed by atoms with Crippen molar-refractivity contribution in [2.24, 2.45) is 24.3 Å². The number of ether oxygens (including phenoxy) is 1. The molecule has 262 valence electrons. The predicted molar refractivity (Wildman–Crippen MR) is 189 cm³/mol. The maximum Gasteiger partial charge on any atom is 0.306 e. The molecule has 0 aliphatic carbocycles. The van der Waals surface area contributed by atoms with Gasteiger partial charge in [-0.05, 0) is 66.5 Å².